The first-order chi connectivity index (χ1) is 12.6. The first kappa shape index (κ1) is 19.7. The predicted molar refractivity (Wildman–Crippen MR) is 97.5 cm³/mol. The van der Waals surface area contributed by atoms with Crippen molar-refractivity contribution in [3.8, 4) is 22.5 Å². The molecular formula is C17H11Cl2F3N2O2S. The Balaban J connectivity index is 2.22. The largest absolute Gasteiger partial charge is 0.337 e. The minimum Gasteiger partial charge on any atom is -0.337 e. The number of rotatable bonds is 4. The van der Waals surface area contributed by atoms with Gasteiger partial charge in [-0.15, -0.1) is 0 Å². The average Bonchev–Trinajstić information content (AvgIpc) is 2.98. The van der Waals surface area contributed by atoms with E-state index in [0.717, 1.165) is 18.4 Å². The van der Waals surface area contributed by atoms with E-state index in [1.165, 1.54) is 24.3 Å². The molecule has 3 aromatic rings. The molecule has 0 radical (unpaired) electrons. The van der Waals surface area contributed by atoms with Crippen LogP contribution in [-0.4, -0.2) is 24.6 Å². The third-order valence-corrected chi connectivity index (χ3v) is 5.25. The van der Waals surface area contributed by atoms with Crippen molar-refractivity contribution in [2.24, 2.45) is 0 Å². The van der Waals surface area contributed by atoms with Crippen molar-refractivity contribution >= 4 is 33.0 Å². The molecule has 0 fully saturated rings. The summed E-state index contributed by atoms with van der Waals surface area (Å²) in [6.07, 6.45) is -2.03. The Bertz CT molecular complexity index is 1110. The van der Waals surface area contributed by atoms with E-state index in [4.69, 9.17) is 23.2 Å². The highest BCUT2D eigenvalue weighted by Crippen LogP contribution is 2.36. The number of nitrogens with one attached hydrogen (secondary N) is 1. The van der Waals surface area contributed by atoms with Crippen molar-refractivity contribution in [2.75, 3.05) is 6.26 Å². The molecule has 0 bridgehead atoms. The summed E-state index contributed by atoms with van der Waals surface area (Å²) < 4.78 is 63.7. The lowest BCUT2D eigenvalue weighted by Crippen LogP contribution is -2.00. The van der Waals surface area contributed by atoms with Crippen LogP contribution in [0.1, 0.15) is 12.2 Å². The van der Waals surface area contributed by atoms with E-state index in [1.54, 1.807) is 0 Å². The average molecular weight is 435 g/mol. The lowest BCUT2D eigenvalue weighted by molar-refractivity contribution is 0.141. The van der Waals surface area contributed by atoms with Gasteiger partial charge in [0.15, 0.2) is 15.7 Å². The number of hydrogen-bond donors (Lipinski definition) is 1. The topological polar surface area (TPSA) is 62.8 Å². The number of sulfone groups is 1. The van der Waals surface area contributed by atoms with Gasteiger partial charge < -0.3 is 4.98 Å². The van der Waals surface area contributed by atoms with Crippen molar-refractivity contribution < 1.29 is 21.6 Å². The number of benzene rings is 2. The van der Waals surface area contributed by atoms with E-state index in [0.29, 0.717) is 5.56 Å². The van der Waals surface area contributed by atoms with E-state index in [2.05, 4.69) is 9.97 Å². The van der Waals surface area contributed by atoms with Crippen LogP contribution in [0.5, 0.6) is 0 Å². The molecule has 0 aliphatic carbocycles. The maximum absolute atomic E-state index is 14.3. The third-order valence-electron chi connectivity index (χ3n) is 3.68. The molecule has 0 aliphatic rings. The fraction of sp³-hybridized carbons (Fsp3) is 0.118. The molecule has 0 aliphatic heterocycles. The summed E-state index contributed by atoms with van der Waals surface area (Å²) in [6.45, 7) is 0. The third kappa shape index (κ3) is 4.12. The number of H-pyrrole nitrogens is 1. The van der Waals surface area contributed by atoms with Crippen LogP contribution in [0.2, 0.25) is 10.0 Å². The molecule has 1 aromatic heterocycles. The molecule has 4 nitrogen and oxygen atoms in total. The quantitative estimate of drug-likeness (QED) is 0.586. The Hall–Kier alpha value is -2.03. The van der Waals surface area contributed by atoms with Gasteiger partial charge in [-0.3, -0.25) is 0 Å². The highest BCUT2D eigenvalue weighted by atomic mass is 35.5. The fourth-order valence-electron chi connectivity index (χ4n) is 2.56. The number of nitrogens with zero attached hydrogens (tertiary/aromatic N) is 1. The monoisotopic (exact) mass is 434 g/mol. The van der Waals surface area contributed by atoms with Crippen LogP contribution < -0.4 is 0 Å². The van der Waals surface area contributed by atoms with Crippen LogP contribution in [0.3, 0.4) is 0 Å². The Morgan fingerprint density at radius 3 is 2.19 bits per heavy atom. The SMILES string of the molecule is CS(=O)(=O)c1ccc(-c2nc(C(F)F)[nH]c2-c2cc(Cl)cc(Cl)c2)cc1F. The van der Waals surface area contributed by atoms with Crippen LogP contribution in [0.25, 0.3) is 22.5 Å². The molecule has 3 rings (SSSR count). The molecule has 0 atom stereocenters. The van der Waals surface area contributed by atoms with Crippen LogP contribution in [0.15, 0.2) is 41.3 Å². The summed E-state index contributed by atoms with van der Waals surface area (Å²) in [5.41, 5.74) is 0.660. The Kier molecular flexibility index (Phi) is 5.24. The van der Waals surface area contributed by atoms with Gasteiger partial charge in [0.2, 0.25) is 0 Å². The molecule has 0 saturated carbocycles. The van der Waals surface area contributed by atoms with Crippen LogP contribution in [-0.2, 0) is 9.84 Å². The van der Waals surface area contributed by atoms with Gasteiger partial charge in [-0.1, -0.05) is 29.3 Å². The molecule has 0 saturated heterocycles. The zero-order chi connectivity index (χ0) is 19.9. The van der Waals surface area contributed by atoms with Gasteiger partial charge in [-0.05, 0) is 30.3 Å². The second-order valence-electron chi connectivity index (χ2n) is 5.72. The van der Waals surface area contributed by atoms with Crippen LogP contribution in [0, 0.1) is 5.82 Å². The second-order valence-corrected chi connectivity index (χ2v) is 8.58. The highest BCUT2D eigenvalue weighted by molar-refractivity contribution is 7.90. The van der Waals surface area contributed by atoms with Gasteiger partial charge in [0.25, 0.3) is 6.43 Å². The van der Waals surface area contributed by atoms with Gasteiger partial charge in [-0.25, -0.2) is 26.6 Å². The van der Waals surface area contributed by atoms with E-state index >= 15 is 0 Å². The minimum atomic E-state index is -3.77. The summed E-state index contributed by atoms with van der Waals surface area (Å²) in [4.78, 5) is 5.84. The summed E-state index contributed by atoms with van der Waals surface area (Å²) in [6, 6.07) is 7.72. The van der Waals surface area contributed by atoms with Gasteiger partial charge in [0.1, 0.15) is 10.7 Å². The van der Waals surface area contributed by atoms with Crippen LogP contribution in [0.4, 0.5) is 13.2 Å². The first-order valence-corrected chi connectivity index (χ1v) is 10.1. The summed E-state index contributed by atoms with van der Waals surface area (Å²) in [5, 5.41) is 0.547. The van der Waals surface area contributed by atoms with Crippen molar-refractivity contribution in [1.29, 1.82) is 0 Å². The zero-order valence-corrected chi connectivity index (χ0v) is 15.9. The van der Waals surface area contributed by atoms with Crippen molar-refractivity contribution in [3.63, 3.8) is 0 Å². The van der Waals surface area contributed by atoms with E-state index in [9.17, 15) is 21.6 Å². The minimum absolute atomic E-state index is 0.0163. The van der Waals surface area contributed by atoms with Gasteiger partial charge >= 0.3 is 0 Å². The van der Waals surface area contributed by atoms with Gasteiger partial charge in [0, 0.05) is 27.4 Å². The van der Waals surface area contributed by atoms with E-state index in [1.807, 2.05) is 0 Å². The molecule has 142 valence electrons. The Labute approximate surface area is 162 Å². The summed E-state index contributed by atoms with van der Waals surface area (Å²) in [5.74, 6) is -1.63. The first-order valence-electron chi connectivity index (χ1n) is 7.41. The predicted octanol–water partition coefficient (Wildman–Crippen LogP) is 5.53. The van der Waals surface area contributed by atoms with Crippen LogP contribution >= 0.6 is 23.2 Å². The smallest absolute Gasteiger partial charge is 0.295 e. The normalized spacial score (nSPS) is 12.0. The Morgan fingerprint density at radius 2 is 1.67 bits per heavy atom. The molecule has 0 unspecified atom stereocenters. The molecule has 1 heterocycles. The number of aromatic nitrogens is 2. The zero-order valence-electron chi connectivity index (χ0n) is 13.6. The summed E-state index contributed by atoms with van der Waals surface area (Å²) >= 11 is 11.9. The maximum Gasteiger partial charge on any atom is 0.295 e. The van der Waals surface area contributed by atoms with E-state index < -0.39 is 32.8 Å². The molecule has 10 heteroatoms. The van der Waals surface area contributed by atoms with Gasteiger partial charge in [-0.2, -0.15) is 0 Å². The number of halogens is 5. The molecule has 0 amide bonds. The second kappa shape index (κ2) is 7.18. The Morgan fingerprint density at radius 1 is 1.04 bits per heavy atom. The molecule has 0 spiro atoms. The number of imidazole rings is 1. The van der Waals surface area contributed by atoms with Crippen molar-refractivity contribution in [2.45, 2.75) is 11.3 Å². The molecule has 1 N–H and O–H groups in total. The van der Waals surface area contributed by atoms with Crippen molar-refractivity contribution in [1.82, 2.24) is 9.97 Å². The maximum atomic E-state index is 14.3. The number of aromatic amines is 1. The van der Waals surface area contributed by atoms with E-state index in [-0.39, 0.29) is 27.0 Å². The number of hydrogen-bond acceptors (Lipinski definition) is 3. The molecule has 27 heavy (non-hydrogen) atoms. The van der Waals surface area contributed by atoms with Crippen molar-refractivity contribution in [3.05, 3.63) is 58.1 Å². The fourth-order valence-corrected chi connectivity index (χ4v) is 3.81. The summed E-state index contributed by atoms with van der Waals surface area (Å²) in [7, 11) is -3.77. The lowest BCUT2D eigenvalue weighted by atomic mass is 10.0. The van der Waals surface area contributed by atoms with Gasteiger partial charge in [0.05, 0.1) is 11.4 Å². The lowest BCUT2D eigenvalue weighted by Gasteiger charge is -2.07. The standard InChI is InChI=1S/C17H11Cl2F3N2O2S/c1-27(25,26)13-3-2-8(6-12(13)20)14-15(24-17(23-14)16(21)22)9-4-10(18)7-11(19)5-9/h2-7,16H,1H3,(H,23,24). The number of alkyl halides is 2. The highest BCUT2D eigenvalue weighted by Gasteiger charge is 2.22. The molecule has 2 aromatic carbocycles. The molecular weight excluding hydrogens is 424 g/mol.